The molecule has 0 saturated heterocycles. The lowest BCUT2D eigenvalue weighted by Gasteiger charge is -2.14. The van der Waals surface area contributed by atoms with E-state index in [4.69, 9.17) is 15.2 Å². The maximum absolute atomic E-state index is 5.54. The zero-order valence-corrected chi connectivity index (χ0v) is 52.0. The Labute approximate surface area is 486 Å². The van der Waals surface area contributed by atoms with Crippen molar-refractivity contribution in [1.82, 2.24) is 61.0 Å². The number of ether oxygens (including phenoxy) is 2. The van der Waals surface area contributed by atoms with Gasteiger partial charge in [-0.3, -0.25) is 35.5 Å². The van der Waals surface area contributed by atoms with Crippen molar-refractivity contribution in [2.75, 3.05) is 32.2 Å². The summed E-state index contributed by atoms with van der Waals surface area (Å²) in [5.41, 5.74) is 16.2. The second kappa shape index (κ2) is 31.1. The van der Waals surface area contributed by atoms with Crippen molar-refractivity contribution in [2.45, 2.75) is 65.2 Å². The summed E-state index contributed by atoms with van der Waals surface area (Å²) in [5.74, 6) is 0. The van der Waals surface area contributed by atoms with Gasteiger partial charge in [-0.2, -0.15) is 25.5 Å². The molecule has 0 bridgehead atoms. The summed E-state index contributed by atoms with van der Waals surface area (Å²) < 4.78 is 13.0. The van der Waals surface area contributed by atoms with Gasteiger partial charge >= 0.3 is 0 Å². The van der Waals surface area contributed by atoms with Gasteiger partial charge in [-0.1, -0.05) is 63.5 Å². The van der Waals surface area contributed by atoms with Crippen LogP contribution >= 0.6 is 45.2 Å². The predicted octanol–water partition coefficient (Wildman–Crippen LogP) is 15.5. The van der Waals surface area contributed by atoms with E-state index in [1.54, 1.807) is 18.6 Å². The number of H-pyrrole nitrogens is 5. The first-order chi connectivity index (χ1) is 37.6. The molecule has 78 heavy (non-hydrogen) atoms. The van der Waals surface area contributed by atoms with Crippen LogP contribution in [0.2, 0.25) is 51.4 Å². The first kappa shape index (κ1) is 60.6. The Bertz CT molecular complexity index is 3310. The number of rotatable bonds is 10. The zero-order valence-electron chi connectivity index (χ0n) is 45.7. The van der Waals surface area contributed by atoms with Crippen molar-refractivity contribution in [3.8, 4) is 22.3 Å². The standard InChI is InChI=1S/2C12H9N3.2C7H5IN2.C7H7N3.2C7H18OSi/c2*1-2-10(7-13-5-1)9-3-4-12-11(6-9)8-14-15-12;3*8-6-1-2-7-5(3-6)4-9-10-7;2*1-5-8-6-7-9(2,3)4/h2*1-8H,(H,14,15);2*1-4H,(H,9,10);1-4H,8H2,(H,9,10);2*5-7H2,1-4H3. The molecule has 7 N–H and O–H groups in total. The highest BCUT2D eigenvalue weighted by atomic mass is 127. The maximum Gasteiger partial charge on any atom is 0.0651 e. The van der Waals surface area contributed by atoms with Crippen molar-refractivity contribution in [2.24, 2.45) is 0 Å². The fourth-order valence-corrected chi connectivity index (χ4v) is 9.69. The Morgan fingerprint density at radius 2 is 0.744 bits per heavy atom. The molecule has 5 aromatic carbocycles. The van der Waals surface area contributed by atoms with Crippen LogP contribution in [0, 0.1) is 7.14 Å². The Hall–Kier alpha value is -6.64. The van der Waals surface area contributed by atoms with Crippen LogP contribution in [0.25, 0.3) is 76.8 Å². The number of nitrogens with one attached hydrogen (secondary N) is 5. The number of hydrogen-bond donors (Lipinski definition) is 6. The minimum atomic E-state index is -0.819. The van der Waals surface area contributed by atoms with E-state index in [0.29, 0.717) is 0 Å². The van der Waals surface area contributed by atoms with E-state index in [0.717, 1.165) is 98.1 Å². The van der Waals surface area contributed by atoms with Gasteiger partial charge in [-0.05, 0) is 173 Å². The molecule has 7 aromatic heterocycles. The molecule has 7 heterocycles. The topological polar surface area (TPSA) is 214 Å². The molecule has 0 saturated carbocycles. The molecule has 0 unspecified atom stereocenters. The smallest absolute Gasteiger partial charge is 0.0651 e. The van der Waals surface area contributed by atoms with Gasteiger partial charge in [0, 0.05) is 118 Å². The number of hydrogen-bond acceptors (Lipinski definition) is 10. The Morgan fingerprint density at radius 1 is 0.410 bits per heavy atom. The van der Waals surface area contributed by atoms with E-state index < -0.39 is 16.1 Å². The molecule has 406 valence electrons. The van der Waals surface area contributed by atoms with E-state index in [9.17, 15) is 0 Å². The van der Waals surface area contributed by atoms with E-state index in [1.807, 2.05) is 118 Å². The maximum atomic E-state index is 5.54. The number of nitrogen functional groups attached to an aromatic ring is 1. The van der Waals surface area contributed by atoms with Gasteiger partial charge < -0.3 is 15.2 Å². The Kier molecular flexibility index (Phi) is 24.1. The summed E-state index contributed by atoms with van der Waals surface area (Å²) in [6.07, 6.45) is 16.4. The summed E-state index contributed by atoms with van der Waals surface area (Å²) in [6, 6.07) is 41.0. The molecule has 0 fully saturated rings. The lowest BCUT2D eigenvalue weighted by molar-refractivity contribution is 0.161. The number of nitrogens with zero attached hydrogens (tertiary/aromatic N) is 7. The molecular weight excluding hydrogens is 1230 g/mol. The van der Waals surface area contributed by atoms with Crippen LogP contribution in [0.5, 0.6) is 0 Å². The van der Waals surface area contributed by atoms with Crippen molar-refractivity contribution < 1.29 is 9.47 Å². The highest BCUT2D eigenvalue weighted by Crippen LogP contribution is 2.24. The van der Waals surface area contributed by atoms with Crippen LogP contribution < -0.4 is 5.73 Å². The molecule has 0 aliphatic carbocycles. The number of fused-ring (bicyclic) bond motifs is 5. The monoisotopic (exact) mass is 1300 g/mol. The third kappa shape index (κ3) is 21.0. The molecule has 0 amide bonds. The third-order valence-corrected chi connectivity index (χ3v) is 16.3. The second-order valence-electron chi connectivity index (χ2n) is 20.3. The largest absolute Gasteiger partial charge is 0.399 e. The number of nitrogens with two attached hydrogens (primary N) is 1. The van der Waals surface area contributed by atoms with Gasteiger partial charge in [0.15, 0.2) is 0 Å². The number of aromatic nitrogens is 12. The third-order valence-electron chi connectivity index (χ3n) is 11.5. The summed E-state index contributed by atoms with van der Waals surface area (Å²) in [5, 5.41) is 39.8. The van der Waals surface area contributed by atoms with Crippen molar-refractivity contribution in [1.29, 1.82) is 0 Å². The molecule has 12 aromatic rings. The fraction of sp³-hybridized carbons (Fsp3) is 0.237. The summed E-state index contributed by atoms with van der Waals surface area (Å²) in [7, 11) is -1.64. The number of pyridine rings is 2. The van der Waals surface area contributed by atoms with Crippen LogP contribution in [0.15, 0.2) is 171 Å². The summed E-state index contributed by atoms with van der Waals surface area (Å²) in [6.45, 7) is 22.0. The van der Waals surface area contributed by atoms with Crippen LogP contribution in [-0.4, -0.2) is 104 Å². The molecule has 0 spiro atoms. The molecule has 0 aliphatic heterocycles. The van der Waals surface area contributed by atoms with E-state index >= 15 is 0 Å². The highest BCUT2D eigenvalue weighted by Gasteiger charge is 2.12. The Balaban J connectivity index is 0.000000149. The molecule has 15 nitrogen and oxygen atoms in total. The number of aromatic amines is 5. The van der Waals surface area contributed by atoms with Gasteiger partial charge in [0.1, 0.15) is 0 Å². The van der Waals surface area contributed by atoms with E-state index in [-0.39, 0.29) is 0 Å². The number of halogens is 2. The SMILES string of the molecule is CCOCC[Si](C)(C)C.CCOCC[Si](C)(C)C.Ic1ccc2[nH]ncc2c1.Ic1ccc2[nH]ncc2c1.Nc1ccc2[nH]ncc2c1.c1cncc(-c2ccc3[nH]ncc3c2)c1.c1cncc(-c2ccc3[nH]ncc3c2)c1. The van der Waals surface area contributed by atoms with E-state index in [1.165, 1.54) is 30.0 Å². The van der Waals surface area contributed by atoms with Gasteiger partial charge in [0.05, 0.1) is 58.6 Å². The lowest BCUT2D eigenvalue weighted by atomic mass is 10.1. The minimum absolute atomic E-state index is 0.772. The molecule has 0 aliphatic rings. The number of benzene rings is 5. The van der Waals surface area contributed by atoms with Gasteiger partial charge in [0.2, 0.25) is 0 Å². The number of anilines is 1. The normalized spacial score (nSPS) is 10.9. The van der Waals surface area contributed by atoms with Gasteiger partial charge in [0.25, 0.3) is 0 Å². The zero-order chi connectivity index (χ0) is 55.8. The minimum Gasteiger partial charge on any atom is -0.399 e. The second-order valence-corrected chi connectivity index (χ2v) is 34.0. The van der Waals surface area contributed by atoms with Crippen LogP contribution in [0.4, 0.5) is 5.69 Å². The van der Waals surface area contributed by atoms with Gasteiger partial charge in [-0.25, -0.2) is 0 Å². The fourth-order valence-electron chi connectivity index (χ4n) is 7.15. The molecule has 0 atom stereocenters. The molecular formula is C59H71I2N13O2Si2. The average Bonchev–Trinajstić information content (AvgIpc) is 4.33. The first-order valence-electron chi connectivity index (χ1n) is 25.8. The van der Waals surface area contributed by atoms with Crippen LogP contribution in [0.1, 0.15) is 13.8 Å². The summed E-state index contributed by atoms with van der Waals surface area (Å²) >= 11 is 4.57. The molecule has 19 heteroatoms. The highest BCUT2D eigenvalue weighted by molar-refractivity contribution is 14.1. The quantitative estimate of drug-likeness (QED) is 0.0330. The predicted molar refractivity (Wildman–Crippen MR) is 346 cm³/mol. The van der Waals surface area contributed by atoms with E-state index in [2.05, 4.69) is 194 Å². The lowest BCUT2D eigenvalue weighted by Crippen LogP contribution is -2.21. The first-order valence-corrected chi connectivity index (χ1v) is 35.3. The van der Waals surface area contributed by atoms with Crippen molar-refractivity contribution >= 4 is 122 Å². The van der Waals surface area contributed by atoms with Crippen LogP contribution in [-0.2, 0) is 9.47 Å². The van der Waals surface area contributed by atoms with Crippen LogP contribution in [0.3, 0.4) is 0 Å². The molecule has 0 radical (unpaired) electrons. The average molecular weight is 1300 g/mol. The van der Waals surface area contributed by atoms with Gasteiger partial charge in [-0.15, -0.1) is 0 Å². The molecule has 12 rings (SSSR count). The van der Waals surface area contributed by atoms with Crippen molar-refractivity contribution in [3.63, 3.8) is 0 Å². The summed E-state index contributed by atoms with van der Waals surface area (Å²) in [4.78, 5) is 8.21. The van der Waals surface area contributed by atoms with Crippen molar-refractivity contribution in [3.05, 3.63) is 178 Å². The Morgan fingerprint density at radius 3 is 1.08 bits per heavy atom.